The maximum absolute atomic E-state index is 11.6. The van der Waals surface area contributed by atoms with Crippen molar-refractivity contribution in [1.82, 2.24) is 9.97 Å². The van der Waals surface area contributed by atoms with Gasteiger partial charge < -0.3 is 9.84 Å². The van der Waals surface area contributed by atoms with Crippen LogP contribution in [0.5, 0.6) is 5.75 Å². The number of aromatic nitrogens is 2. The minimum Gasteiger partial charge on any atom is -0.493 e. The Bertz CT molecular complexity index is 868. The largest absolute Gasteiger partial charge is 0.493 e. The average molecular weight is 421 g/mol. The summed E-state index contributed by atoms with van der Waals surface area (Å²) >= 11 is 5.01. The van der Waals surface area contributed by atoms with E-state index in [4.69, 9.17) is 9.72 Å². The fraction of sp³-hybridized carbons (Fsp3) is 0.368. The van der Waals surface area contributed by atoms with Crippen LogP contribution in [0.4, 0.5) is 0 Å². The van der Waals surface area contributed by atoms with Gasteiger partial charge in [-0.3, -0.25) is 4.98 Å². The number of pyridine rings is 1. The van der Waals surface area contributed by atoms with Crippen molar-refractivity contribution in [1.29, 1.82) is 0 Å². The van der Waals surface area contributed by atoms with Gasteiger partial charge >= 0.3 is 0 Å². The van der Waals surface area contributed by atoms with Gasteiger partial charge in [-0.25, -0.2) is 4.98 Å². The van der Waals surface area contributed by atoms with Gasteiger partial charge in [-0.1, -0.05) is 36.2 Å². The van der Waals surface area contributed by atoms with Crippen LogP contribution in [-0.2, 0) is 5.60 Å². The first-order valence-corrected chi connectivity index (χ1v) is 10.1. The number of benzene rings is 1. The van der Waals surface area contributed by atoms with Crippen molar-refractivity contribution in [3.63, 3.8) is 0 Å². The first-order chi connectivity index (χ1) is 12.1. The molecule has 2 aromatic heterocycles. The second-order valence-corrected chi connectivity index (χ2v) is 7.91. The molecule has 1 N–H and O–H groups in total. The van der Waals surface area contributed by atoms with Crippen LogP contribution >= 0.6 is 27.3 Å². The van der Waals surface area contributed by atoms with Gasteiger partial charge in [0.15, 0.2) is 0 Å². The summed E-state index contributed by atoms with van der Waals surface area (Å²) in [6.07, 6.45) is 5.67. The number of halogens is 1. The lowest BCUT2D eigenvalue weighted by Gasteiger charge is -2.27. The zero-order valence-corrected chi connectivity index (χ0v) is 16.7. The average Bonchev–Trinajstić information content (AvgIpc) is 3.04. The zero-order chi connectivity index (χ0) is 17.9. The van der Waals surface area contributed by atoms with E-state index in [1.165, 1.54) is 11.3 Å². The smallest absolute Gasteiger partial charge is 0.146 e. The molecule has 0 bridgehead atoms. The van der Waals surface area contributed by atoms with Crippen molar-refractivity contribution in [3.8, 4) is 5.75 Å². The Hall–Kier alpha value is -1.50. The fourth-order valence-corrected chi connectivity index (χ4v) is 4.47. The number of rotatable bonds is 7. The Morgan fingerprint density at radius 3 is 2.84 bits per heavy atom. The maximum atomic E-state index is 11.6. The molecule has 1 aromatic carbocycles. The summed E-state index contributed by atoms with van der Waals surface area (Å²) in [6.45, 7) is 4.72. The highest BCUT2D eigenvalue weighted by molar-refractivity contribution is 9.10. The van der Waals surface area contributed by atoms with Gasteiger partial charge in [0.25, 0.3) is 0 Å². The lowest BCUT2D eigenvalue weighted by molar-refractivity contribution is 0.0661. The first-order valence-electron chi connectivity index (χ1n) is 8.44. The van der Waals surface area contributed by atoms with E-state index in [2.05, 4.69) is 34.8 Å². The molecular formula is C19H21BrN2O2S. The molecule has 0 aliphatic heterocycles. The van der Waals surface area contributed by atoms with E-state index in [1.54, 1.807) is 12.4 Å². The van der Waals surface area contributed by atoms with E-state index < -0.39 is 5.60 Å². The Balaban J connectivity index is 2.12. The third-order valence-electron chi connectivity index (χ3n) is 4.00. The molecule has 0 saturated carbocycles. The monoisotopic (exact) mass is 420 g/mol. The van der Waals surface area contributed by atoms with Gasteiger partial charge in [0.05, 0.1) is 22.4 Å². The zero-order valence-electron chi connectivity index (χ0n) is 14.3. The summed E-state index contributed by atoms with van der Waals surface area (Å²) < 4.78 is 7.91. The van der Waals surface area contributed by atoms with Gasteiger partial charge in [0.1, 0.15) is 16.4 Å². The van der Waals surface area contributed by atoms with Crippen LogP contribution < -0.4 is 4.74 Å². The Morgan fingerprint density at radius 1 is 1.24 bits per heavy atom. The highest BCUT2D eigenvalue weighted by Gasteiger charge is 2.37. The summed E-state index contributed by atoms with van der Waals surface area (Å²) in [5.74, 6) is 0.674. The molecule has 2 heterocycles. The van der Waals surface area contributed by atoms with Crippen molar-refractivity contribution in [2.45, 2.75) is 38.7 Å². The van der Waals surface area contributed by atoms with Gasteiger partial charge in [0, 0.05) is 16.9 Å². The maximum Gasteiger partial charge on any atom is 0.146 e. The van der Waals surface area contributed by atoms with Crippen molar-refractivity contribution in [2.75, 3.05) is 6.61 Å². The van der Waals surface area contributed by atoms with E-state index in [1.807, 2.05) is 24.3 Å². The van der Waals surface area contributed by atoms with E-state index in [0.29, 0.717) is 29.3 Å². The number of hydrogen-bond donors (Lipinski definition) is 1. The van der Waals surface area contributed by atoms with Crippen LogP contribution in [-0.4, -0.2) is 21.7 Å². The highest BCUT2D eigenvalue weighted by Crippen LogP contribution is 2.42. The first kappa shape index (κ1) is 18.3. The molecule has 4 nitrogen and oxygen atoms in total. The lowest BCUT2D eigenvalue weighted by Crippen LogP contribution is -2.28. The van der Waals surface area contributed by atoms with Crippen LogP contribution in [0.3, 0.4) is 0 Å². The summed E-state index contributed by atoms with van der Waals surface area (Å²) in [5.41, 5.74) is 0.364. The minimum atomic E-state index is -1.21. The van der Waals surface area contributed by atoms with E-state index in [0.717, 1.165) is 27.5 Å². The van der Waals surface area contributed by atoms with Crippen LogP contribution in [0.1, 0.15) is 43.7 Å². The second kappa shape index (κ2) is 7.81. The SMILES string of the molecule is CCCOc1ccncc1C(O)(CCC)c1nc2ccc(Br)cc2s1. The molecule has 0 spiro atoms. The Kier molecular flexibility index (Phi) is 5.71. The predicted octanol–water partition coefficient (Wildman–Crippen LogP) is 5.28. The number of hydrogen-bond acceptors (Lipinski definition) is 5. The molecule has 0 fully saturated rings. The molecule has 1 atom stereocenters. The van der Waals surface area contributed by atoms with Crippen LogP contribution in [0, 0.1) is 0 Å². The molecule has 132 valence electrons. The molecule has 3 rings (SSSR count). The van der Waals surface area contributed by atoms with Gasteiger partial charge in [0.2, 0.25) is 0 Å². The quantitative estimate of drug-likeness (QED) is 0.564. The molecule has 6 heteroatoms. The third kappa shape index (κ3) is 3.71. The van der Waals surface area contributed by atoms with Crippen molar-refractivity contribution in [2.24, 2.45) is 0 Å². The molecule has 0 amide bonds. The van der Waals surface area contributed by atoms with E-state index in [-0.39, 0.29) is 0 Å². The fourth-order valence-electron chi connectivity index (χ4n) is 2.82. The van der Waals surface area contributed by atoms with Gasteiger partial charge in [-0.05, 0) is 37.1 Å². The Morgan fingerprint density at radius 2 is 2.08 bits per heavy atom. The van der Waals surface area contributed by atoms with Crippen LogP contribution in [0.15, 0.2) is 41.1 Å². The molecule has 0 saturated heterocycles. The van der Waals surface area contributed by atoms with Crippen molar-refractivity contribution in [3.05, 3.63) is 51.7 Å². The second-order valence-electron chi connectivity index (χ2n) is 5.96. The van der Waals surface area contributed by atoms with E-state index >= 15 is 0 Å². The summed E-state index contributed by atoms with van der Waals surface area (Å²) in [5, 5.41) is 12.3. The molecule has 0 radical (unpaired) electrons. The van der Waals surface area contributed by atoms with Crippen molar-refractivity contribution < 1.29 is 9.84 Å². The number of thiazole rings is 1. The normalized spacial score (nSPS) is 13.8. The van der Waals surface area contributed by atoms with E-state index in [9.17, 15) is 5.11 Å². The van der Waals surface area contributed by atoms with Crippen LogP contribution in [0.2, 0.25) is 0 Å². The number of aliphatic hydroxyl groups is 1. The lowest BCUT2D eigenvalue weighted by atomic mass is 9.90. The summed E-state index contributed by atoms with van der Waals surface area (Å²) in [4.78, 5) is 8.93. The van der Waals surface area contributed by atoms with Crippen LogP contribution in [0.25, 0.3) is 10.2 Å². The Labute approximate surface area is 160 Å². The summed E-state index contributed by atoms with van der Waals surface area (Å²) in [7, 11) is 0. The topological polar surface area (TPSA) is 55.2 Å². The van der Waals surface area contributed by atoms with Gasteiger partial charge in [-0.2, -0.15) is 0 Å². The number of fused-ring (bicyclic) bond motifs is 1. The highest BCUT2D eigenvalue weighted by atomic mass is 79.9. The minimum absolute atomic E-state index is 0.558. The molecule has 25 heavy (non-hydrogen) atoms. The third-order valence-corrected chi connectivity index (χ3v) is 5.67. The molecule has 0 aliphatic rings. The van der Waals surface area contributed by atoms with Crippen molar-refractivity contribution >= 4 is 37.5 Å². The molecule has 0 aliphatic carbocycles. The molecule has 3 aromatic rings. The molecule has 1 unspecified atom stereocenters. The molecular weight excluding hydrogens is 400 g/mol. The number of nitrogens with zero attached hydrogens (tertiary/aromatic N) is 2. The predicted molar refractivity (Wildman–Crippen MR) is 105 cm³/mol. The summed E-state index contributed by atoms with van der Waals surface area (Å²) in [6, 6.07) is 7.77. The van der Waals surface area contributed by atoms with Gasteiger partial charge in [-0.15, -0.1) is 11.3 Å². The number of ether oxygens (including phenoxy) is 1. The standard InChI is InChI=1S/C19H21BrN2O2S/c1-3-8-19(23,14-12-21-9-7-16(14)24-10-4-2)18-22-15-6-5-13(20)11-17(15)25-18/h5-7,9,11-12,23H,3-4,8,10H2,1-2H3.